The minimum Gasteiger partial charge on any atom is -0.482 e. The lowest BCUT2D eigenvalue weighted by molar-refractivity contribution is -0.121. The average Bonchev–Trinajstić information content (AvgIpc) is 2.34. The molecule has 1 rings (SSSR count). The van der Waals surface area contributed by atoms with Crippen molar-refractivity contribution in [3.8, 4) is 5.75 Å². The number of benzene rings is 1. The second kappa shape index (κ2) is 7.60. The maximum absolute atomic E-state index is 11.3. The van der Waals surface area contributed by atoms with E-state index in [0.29, 0.717) is 17.3 Å². The summed E-state index contributed by atoms with van der Waals surface area (Å²) in [7, 11) is 0. The predicted molar refractivity (Wildman–Crippen MR) is 72.1 cm³/mol. The standard InChI is InChI=1S/C12H16ClN3O3/c1-2-15-6-8-4-3-5-9(13)11(8)19-7-10(17)16-12(14)18/h3-5,15H,2,6-7H2,1H3,(H3,14,16,17,18). The normalized spacial score (nSPS) is 10.0. The van der Waals surface area contributed by atoms with Crippen molar-refractivity contribution in [1.29, 1.82) is 0 Å². The minimum atomic E-state index is -0.916. The number of halogens is 1. The van der Waals surface area contributed by atoms with Gasteiger partial charge in [-0.15, -0.1) is 0 Å². The number of hydrogen-bond donors (Lipinski definition) is 3. The van der Waals surface area contributed by atoms with Gasteiger partial charge in [-0.25, -0.2) is 4.79 Å². The molecule has 0 heterocycles. The first-order valence-corrected chi connectivity index (χ1v) is 6.12. The number of hydrogen-bond acceptors (Lipinski definition) is 4. The highest BCUT2D eigenvalue weighted by atomic mass is 35.5. The molecule has 0 spiro atoms. The first kappa shape index (κ1) is 15.3. The molecule has 0 unspecified atom stereocenters. The van der Waals surface area contributed by atoms with E-state index in [1.54, 1.807) is 12.1 Å². The molecule has 0 fully saturated rings. The van der Waals surface area contributed by atoms with Crippen molar-refractivity contribution in [1.82, 2.24) is 10.6 Å². The van der Waals surface area contributed by atoms with Gasteiger partial charge in [-0.2, -0.15) is 0 Å². The van der Waals surface area contributed by atoms with Gasteiger partial charge in [0.1, 0.15) is 5.75 Å². The summed E-state index contributed by atoms with van der Waals surface area (Å²) in [6.07, 6.45) is 0. The van der Waals surface area contributed by atoms with Crippen LogP contribution in [0, 0.1) is 0 Å². The largest absolute Gasteiger partial charge is 0.482 e. The van der Waals surface area contributed by atoms with Gasteiger partial charge in [0.25, 0.3) is 5.91 Å². The summed E-state index contributed by atoms with van der Waals surface area (Å²) in [4.78, 5) is 21.8. The van der Waals surface area contributed by atoms with Gasteiger partial charge in [0.15, 0.2) is 6.61 Å². The average molecular weight is 286 g/mol. The van der Waals surface area contributed by atoms with E-state index >= 15 is 0 Å². The smallest absolute Gasteiger partial charge is 0.318 e. The fraction of sp³-hybridized carbons (Fsp3) is 0.333. The lowest BCUT2D eigenvalue weighted by Crippen LogP contribution is -2.38. The molecule has 1 aromatic rings. The molecule has 0 atom stereocenters. The number of carbonyl (C=O) groups excluding carboxylic acids is 2. The van der Waals surface area contributed by atoms with Crippen LogP contribution < -0.4 is 21.1 Å². The topological polar surface area (TPSA) is 93.4 Å². The molecule has 1 aromatic carbocycles. The molecule has 0 bridgehead atoms. The van der Waals surface area contributed by atoms with Crippen molar-refractivity contribution < 1.29 is 14.3 Å². The summed E-state index contributed by atoms with van der Waals surface area (Å²) in [5.41, 5.74) is 5.66. The maximum atomic E-state index is 11.3. The molecule has 3 amide bonds. The summed E-state index contributed by atoms with van der Waals surface area (Å²) < 4.78 is 5.34. The number of carbonyl (C=O) groups is 2. The molecule has 7 heteroatoms. The quantitative estimate of drug-likeness (QED) is 0.727. The Hall–Kier alpha value is -1.79. The molecular weight excluding hydrogens is 270 g/mol. The molecule has 19 heavy (non-hydrogen) atoms. The fourth-order valence-corrected chi connectivity index (χ4v) is 1.67. The van der Waals surface area contributed by atoms with E-state index in [4.69, 9.17) is 22.1 Å². The number of rotatable bonds is 6. The van der Waals surface area contributed by atoms with Gasteiger partial charge in [0, 0.05) is 12.1 Å². The van der Waals surface area contributed by atoms with Gasteiger partial charge in [-0.1, -0.05) is 30.7 Å². The van der Waals surface area contributed by atoms with Crippen LogP contribution in [0.2, 0.25) is 5.02 Å². The van der Waals surface area contributed by atoms with E-state index < -0.39 is 11.9 Å². The van der Waals surface area contributed by atoms with Gasteiger partial charge >= 0.3 is 6.03 Å². The lowest BCUT2D eigenvalue weighted by atomic mass is 10.2. The predicted octanol–water partition coefficient (Wildman–Crippen LogP) is 1.02. The number of ether oxygens (including phenoxy) is 1. The van der Waals surface area contributed by atoms with E-state index in [2.05, 4.69) is 5.32 Å². The van der Waals surface area contributed by atoms with Crippen LogP contribution in [0.15, 0.2) is 18.2 Å². The molecule has 0 saturated heterocycles. The molecule has 0 aromatic heterocycles. The van der Waals surface area contributed by atoms with E-state index in [1.807, 2.05) is 18.3 Å². The SMILES string of the molecule is CCNCc1cccc(Cl)c1OCC(=O)NC(N)=O. The molecule has 0 aliphatic heterocycles. The number of para-hydroxylation sites is 1. The van der Waals surface area contributed by atoms with Gasteiger partial charge in [0.05, 0.1) is 5.02 Å². The minimum absolute atomic E-state index is 0.328. The second-order valence-corrected chi connectivity index (χ2v) is 4.12. The van der Waals surface area contributed by atoms with Gasteiger partial charge in [-0.3, -0.25) is 10.1 Å². The Labute approximate surface area is 116 Å². The van der Waals surface area contributed by atoms with Crippen molar-refractivity contribution >= 4 is 23.5 Å². The van der Waals surface area contributed by atoms with Crippen LogP contribution in [-0.2, 0) is 11.3 Å². The molecular formula is C12H16ClN3O3. The Bertz CT molecular complexity index is 466. The third-order valence-electron chi connectivity index (χ3n) is 2.22. The van der Waals surface area contributed by atoms with Crippen LogP contribution in [0.5, 0.6) is 5.75 Å². The van der Waals surface area contributed by atoms with E-state index in [-0.39, 0.29) is 6.61 Å². The van der Waals surface area contributed by atoms with Gasteiger partial charge < -0.3 is 15.8 Å². The number of nitrogens with one attached hydrogen (secondary N) is 2. The number of primary amides is 1. The molecule has 6 nitrogen and oxygen atoms in total. The molecule has 0 saturated carbocycles. The summed E-state index contributed by atoms with van der Waals surface area (Å²) in [6, 6.07) is 4.39. The summed E-state index contributed by atoms with van der Waals surface area (Å²) in [6.45, 7) is 3.02. The highest BCUT2D eigenvalue weighted by Crippen LogP contribution is 2.28. The fourth-order valence-electron chi connectivity index (χ4n) is 1.43. The van der Waals surface area contributed by atoms with Gasteiger partial charge in [-0.05, 0) is 12.6 Å². The van der Waals surface area contributed by atoms with Crippen LogP contribution in [0.4, 0.5) is 4.79 Å². The summed E-state index contributed by atoms with van der Waals surface area (Å²) in [5, 5.41) is 5.45. The van der Waals surface area contributed by atoms with Crippen LogP contribution >= 0.6 is 11.6 Å². The van der Waals surface area contributed by atoms with Gasteiger partial charge in [0.2, 0.25) is 0 Å². The first-order valence-electron chi connectivity index (χ1n) is 5.74. The van der Waals surface area contributed by atoms with Crippen molar-refractivity contribution in [3.05, 3.63) is 28.8 Å². The van der Waals surface area contributed by atoms with Crippen molar-refractivity contribution in [3.63, 3.8) is 0 Å². The number of amides is 3. The van der Waals surface area contributed by atoms with E-state index in [1.165, 1.54) is 0 Å². The number of nitrogens with two attached hydrogens (primary N) is 1. The summed E-state index contributed by atoms with van der Waals surface area (Å²) in [5.74, 6) is -0.202. The number of urea groups is 1. The van der Waals surface area contributed by atoms with Crippen LogP contribution in [0.3, 0.4) is 0 Å². The lowest BCUT2D eigenvalue weighted by Gasteiger charge is -2.12. The zero-order valence-corrected chi connectivity index (χ0v) is 11.3. The van der Waals surface area contributed by atoms with Crippen LogP contribution in [-0.4, -0.2) is 25.1 Å². The Morgan fingerprint density at radius 1 is 1.42 bits per heavy atom. The second-order valence-electron chi connectivity index (χ2n) is 3.71. The highest BCUT2D eigenvalue weighted by molar-refractivity contribution is 6.32. The third kappa shape index (κ3) is 5.15. The highest BCUT2D eigenvalue weighted by Gasteiger charge is 2.11. The molecule has 0 aliphatic carbocycles. The van der Waals surface area contributed by atoms with Crippen LogP contribution in [0.25, 0.3) is 0 Å². The molecule has 104 valence electrons. The Morgan fingerprint density at radius 2 is 2.16 bits per heavy atom. The van der Waals surface area contributed by atoms with Crippen LogP contribution in [0.1, 0.15) is 12.5 Å². The zero-order chi connectivity index (χ0) is 14.3. The van der Waals surface area contributed by atoms with Crippen molar-refractivity contribution in [2.24, 2.45) is 5.73 Å². The number of imide groups is 1. The maximum Gasteiger partial charge on any atom is 0.318 e. The monoisotopic (exact) mass is 285 g/mol. The van der Waals surface area contributed by atoms with Crippen molar-refractivity contribution in [2.45, 2.75) is 13.5 Å². The Morgan fingerprint density at radius 3 is 2.79 bits per heavy atom. The van der Waals surface area contributed by atoms with Crippen molar-refractivity contribution in [2.75, 3.05) is 13.2 Å². The molecule has 4 N–H and O–H groups in total. The third-order valence-corrected chi connectivity index (χ3v) is 2.52. The Balaban J connectivity index is 2.70. The zero-order valence-electron chi connectivity index (χ0n) is 10.5. The Kier molecular flexibility index (Phi) is 6.11. The van der Waals surface area contributed by atoms with E-state index in [9.17, 15) is 9.59 Å². The summed E-state index contributed by atoms with van der Waals surface area (Å²) >= 11 is 6.02. The first-order chi connectivity index (χ1) is 9.04. The van der Waals surface area contributed by atoms with E-state index in [0.717, 1.165) is 12.1 Å². The molecule has 0 aliphatic rings. The molecule has 0 radical (unpaired) electrons.